The van der Waals surface area contributed by atoms with Crippen molar-refractivity contribution in [3.63, 3.8) is 0 Å². The van der Waals surface area contributed by atoms with Gasteiger partial charge in [0.05, 0.1) is 6.54 Å². The van der Waals surface area contributed by atoms with Crippen molar-refractivity contribution in [3.05, 3.63) is 28.2 Å². The number of carbonyl (C=O) groups excluding carboxylic acids is 2. The second-order valence-electron chi connectivity index (χ2n) is 5.44. The molecule has 2 amide bonds. The van der Waals surface area contributed by atoms with Gasteiger partial charge in [-0.1, -0.05) is 22.9 Å². The van der Waals surface area contributed by atoms with E-state index in [1.165, 1.54) is 0 Å². The van der Waals surface area contributed by atoms with Crippen LogP contribution in [0.2, 0.25) is 0 Å². The van der Waals surface area contributed by atoms with Crippen molar-refractivity contribution in [2.75, 3.05) is 25.0 Å². The third kappa shape index (κ3) is 4.97. The van der Waals surface area contributed by atoms with E-state index >= 15 is 0 Å². The zero-order valence-corrected chi connectivity index (χ0v) is 15.0. The highest BCUT2D eigenvalue weighted by molar-refractivity contribution is 9.10. The van der Waals surface area contributed by atoms with E-state index in [-0.39, 0.29) is 36.7 Å². The van der Waals surface area contributed by atoms with Crippen LogP contribution in [0, 0.1) is 18.8 Å². The van der Waals surface area contributed by atoms with Crippen LogP contribution in [0.1, 0.15) is 12.5 Å². The molecule has 1 aliphatic heterocycles. The molecular weight excluding hydrogens is 370 g/mol. The van der Waals surface area contributed by atoms with E-state index in [1.807, 2.05) is 32.0 Å². The molecule has 0 bridgehead atoms. The third-order valence-corrected chi connectivity index (χ3v) is 4.69. The number of rotatable bonds is 5. The van der Waals surface area contributed by atoms with Gasteiger partial charge in [0.2, 0.25) is 11.8 Å². The van der Waals surface area contributed by atoms with Gasteiger partial charge in [0.25, 0.3) is 0 Å². The fraction of sp³-hybridized carbons (Fsp3) is 0.467. The SMILES string of the molecule is Cc1cc(NC(=O)CNC(=O)C(C)C2CNC2)ccc1Br.Cl. The summed E-state index contributed by atoms with van der Waals surface area (Å²) >= 11 is 3.41. The number of hydrogen-bond acceptors (Lipinski definition) is 3. The number of halogens is 2. The first-order valence-electron chi connectivity index (χ1n) is 7.02. The molecule has 2 rings (SSSR count). The molecule has 1 aromatic rings. The quantitative estimate of drug-likeness (QED) is 0.721. The second kappa shape index (κ2) is 8.50. The highest BCUT2D eigenvalue weighted by Gasteiger charge is 2.28. The molecule has 22 heavy (non-hydrogen) atoms. The zero-order chi connectivity index (χ0) is 15.4. The molecule has 7 heteroatoms. The van der Waals surface area contributed by atoms with Crippen LogP contribution < -0.4 is 16.0 Å². The maximum absolute atomic E-state index is 11.9. The lowest BCUT2D eigenvalue weighted by Gasteiger charge is -2.31. The summed E-state index contributed by atoms with van der Waals surface area (Å²) in [4.78, 5) is 23.7. The average molecular weight is 391 g/mol. The Morgan fingerprint density at radius 2 is 2.09 bits per heavy atom. The second-order valence-corrected chi connectivity index (χ2v) is 6.29. The van der Waals surface area contributed by atoms with Crippen LogP contribution in [-0.4, -0.2) is 31.4 Å². The van der Waals surface area contributed by atoms with Gasteiger partial charge in [-0.05, 0) is 49.7 Å². The number of aryl methyl sites for hydroxylation is 1. The summed E-state index contributed by atoms with van der Waals surface area (Å²) in [6, 6.07) is 5.58. The molecule has 0 radical (unpaired) electrons. The number of nitrogens with one attached hydrogen (secondary N) is 3. The minimum absolute atomic E-state index is 0. The van der Waals surface area contributed by atoms with Crippen molar-refractivity contribution in [2.24, 2.45) is 11.8 Å². The van der Waals surface area contributed by atoms with Crippen molar-refractivity contribution in [3.8, 4) is 0 Å². The van der Waals surface area contributed by atoms with Gasteiger partial charge >= 0.3 is 0 Å². The molecule has 1 heterocycles. The van der Waals surface area contributed by atoms with Crippen LogP contribution in [-0.2, 0) is 9.59 Å². The van der Waals surface area contributed by atoms with E-state index in [9.17, 15) is 9.59 Å². The Hall–Kier alpha value is -1.11. The number of hydrogen-bond donors (Lipinski definition) is 3. The number of anilines is 1. The molecule has 0 saturated carbocycles. The van der Waals surface area contributed by atoms with Crippen molar-refractivity contribution >= 4 is 45.8 Å². The first-order chi connectivity index (χ1) is 9.97. The summed E-state index contributed by atoms with van der Waals surface area (Å²) in [5.74, 6) is 0.0313. The summed E-state index contributed by atoms with van der Waals surface area (Å²) < 4.78 is 0.997. The summed E-state index contributed by atoms with van der Waals surface area (Å²) in [5.41, 5.74) is 1.77. The zero-order valence-electron chi connectivity index (χ0n) is 12.6. The molecule has 0 aliphatic carbocycles. The van der Waals surface area contributed by atoms with Gasteiger partial charge in [-0.15, -0.1) is 12.4 Å². The van der Waals surface area contributed by atoms with Crippen LogP contribution in [0.5, 0.6) is 0 Å². The van der Waals surface area contributed by atoms with Crippen LogP contribution in [0.4, 0.5) is 5.69 Å². The maximum atomic E-state index is 11.9. The standard InChI is InChI=1S/C15H20BrN3O2.ClH/c1-9-5-12(3-4-13(9)16)19-14(20)8-18-15(21)10(2)11-6-17-7-11;/h3-5,10-11,17H,6-8H2,1-2H3,(H,18,21)(H,19,20);1H. The van der Waals surface area contributed by atoms with Gasteiger partial charge < -0.3 is 16.0 Å². The Morgan fingerprint density at radius 3 is 2.64 bits per heavy atom. The predicted molar refractivity (Wildman–Crippen MR) is 93.3 cm³/mol. The van der Waals surface area contributed by atoms with E-state index in [1.54, 1.807) is 0 Å². The lowest BCUT2D eigenvalue weighted by Crippen LogP contribution is -2.50. The van der Waals surface area contributed by atoms with Crippen LogP contribution in [0.15, 0.2) is 22.7 Å². The van der Waals surface area contributed by atoms with Crippen molar-refractivity contribution in [2.45, 2.75) is 13.8 Å². The minimum Gasteiger partial charge on any atom is -0.347 e. The smallest absolute Gasteiger partial charge is 0.243 e. The van der Waals surface area contributed by atoms with Gasteiger partial charge in [0, 0.05) is 16.1 Å². The molecule has 1 saturated heterocycles. The van der Waals surface area contributed by atoms with Crippen LogP contribution >= 0.6 is 28.3 Å². The monoisotopic (exact) mass is 389 g/mol. The fourth-order valence-corrected chi connectivity index (χ4v) is 2.38. The third-order valence-electron chi connectivity index (χ3n) is 3.80. The Kier molecular flexibility index (Phi) is 7.32. The molecule has 0 spiro atoms. The Balaban J connectivity index is 0.00000242. The van der Waals surface area contributed by atoms with E-state index in [0.717, 1.165) is 28.8 Å². The number of benzene rings is 1. The van der Waals surface area contributed by atoms with Gasteiger partial charge in [0.1, 0.15) is 0 Å². The fourth-order valence-electron chi connectivity index (χ4n) is 2.13. The highest BCUT2D eigenvalue weighted by Crippen LogP contribution is 2.20. The first-order valence-corrected chi connectivity index (χ1v) is 7.81. The molecule has 3 N–H and O–H groups in total. The van der Waals surface area contributed by atoms with Gasteiger partial charge in [-0.25, -0.2) is 0 Å². The molecule has 1 aromatic carbocycles. The number of amides is 2. The minimum atomic E-state index is -0.219. The summed E-state index contributed by atoms with van der Waals surface area (Å²) in [6.45, 7) is 5.60. The largest absolute Gasteiger partial charge is 0.347 e. The van der Waals surface area contributed by atoms with Crippen LogP contribution in [0.25, 0.3) is 0 Å². The summed E-state index contributed by atoms with van der Waals surface area (Å²) in [5, 5.41) is 8.61. The normalized spacial score (nSPS) is 15.2. The lowest BCUT2D eigenvalue weighted by molar-refractivity contribution is -0.128. The van der Waals surface area contributed by atoms with E-state index in [4.69, 9.17) is 0 Å². The van der Waals surface area contributed by atoms with Crippen molar-refractivity contribution in [1.29, 1.82) is 0 Å². The predicted octanol–water partition coefficient (Wildman–Crippen LogP) is 2.09. The van der Waals surface area contributed by atoms with Gasteiger partial charge in [-0.2, -0.15) is 0 Å². The Labute approximate surface area is 145 Å². The molecule has 1 unspecified atom stereocenters. The average Bonchev–Trinajstić information content (AvgIpc) is 2.38. The molecule has 1 atom stereocenters. The van der Waals surface area contributed by atoms with E-state index in [0.29, 0.717) is 5.92 Å². The van der Waals surface area contributed by atoms with Crippen LogP contribution in [0.3, 0.4) is 0 Å². The topological polar surface area (TPSA) is 70.2 Å². The van der Waals surface area contributed by atoms with Gasteiger partial charge in [-0.3, -0.25) is 9.59 Å². The van der Waals surface area contributed by atoms with Crippen molar-refractivity contribution in [1.82, 2.24) is 10.6 Å². The molecule has 5 nitrogen and oxygen atoms in total. The number of carbonyl (C=O) groups is 2. The van der Waals surface area contributed by atoms with E-state index < -0.39 is 0 Å². The van der Waals surface area contributed by atoms with E-state index in [2.05, 4.69) is 31.9 Å². The Bertz CT molecular complexity index is 550. The summed E-state index contributed by atoms with van der Waals surface area (Å²) in [7, 11) is 0. The van der Waals surface area contributed by atoms with Gasteiger partial charge in [0.15, 0.2) is 0 Å². The lowest BCUT2D eigenvalue weighted by atomic mass is 9.88. The molecule has 1 fully saturated rings. The first kappa shape index (κ1) is 18.9. The Morgan fingerprint density at radius 1 is 1.41 bits per heavy atom. The molecule has 122 valence electrons. The molecule has 0 aromatic heterocycles. The molecule has 1 aliphatic rings. The van der Waals surface area contributed by atoms with Crippen molar-refractivity contribution < 1.29 is 9.59 Å². The maximum Gasteiger partial charge on any atom is 0.243 e. The summed E-state index contributed by atoms with van der Waals surface area (Å²) in [6.07, 6.45) is 0. The highest BCUT2D eigenvalue weighted by atomic mass is 79.9. The molecular formula is C15H21BrClN3O2.